The minimum atomic E-state index is 0.776. The molecule has 4 aliphatic carbocycles. The van der Waals surface area contributed by atoms with Crippen LogP contribution in [0, 0.1) is 17.8 Å². The molecule has 156 valence electrons. The van der Waals surface area contributed by atoms with Crippen LogP contribution in [0.1, 0.15) is 101 Å². The van der Waals surface area contributed by atoms with Crippen molar-refractivity contribution < 1.29 is 4.57 Å². The van der Waals surface area contributed by atoms with Crippen molar-refractivity contribution in [1.29, 1.82) is 0 Å². The molecule has 1 aromatic carbocycles. The van der Waals surface area contributed by atoms with Crippen LogP contribution < -0.4 is 4.57 Å². The van der Waals surface area contributed by atoms with Gasteiger partial charge in [0.25, 0.3) is 0 Å². The van der Waals surface area contributed by atoms with E-state index >= 15 is 0 Å². The lowest BCUT2D eigenvalue weighted by Crippen LogP contribution is -2.40. The Balaban J connectivity index is 1.54. The van der Waals surface area contributed by atoms with Crippen LogP contribution in [0.25, 0.3) is 5.69 Å². The fourth-order valence-corrected chi connectivity index (χ4v) is 7.18. The van der Waals surface area contributed by atoms with Gasteiger partial charge in [-0.15, -0.1) is 0 Å². The largest absolute Gasteiger partial charge is 0.249 e. The van der Waals surface area contributed by atoms with Gasteiger partial charge in [0.05, 0.1) is 6.54 Å². The highest BCUT2D eigenvalue weighted by atomic mass is 15.2. The van der Waals surface area contributed by atoms with E-state index in [0.717, 1.165) is 29.6 Å². The van der Waals surface area contributed by atoms with Crippen LogP contribution in [0.2, 0.25) is 0 Å². The molecule has 0 radical (unpaired) electrons. The van der Waals surface area contributed by atoms with Crippen molar-refractivity contribution in [2.24, 2.45) is 17.8 Å². The molecule has 4 aliphatic rings. The molecule has 0 aliphatic heterocycles. The third-order valence-corrected chi connectivity index (χ3v) is 8.35. The second kappa shape index (κ2) is 8.28. The molecule has 0 amide bonds. The Bertz CT molecular complexity index is 805. The molecular weight excluding hydrogens is 352 g/mol. The third-order valence-electron chi connectivity index (χ3n) is 8.35. The second-order valence-electron chi connectivity index (χ2n) is 10.2. The molecule has 1 aromatic heterocycles. The Hall–Kier alpha value is -1.57. The zero-order chi connectivity index (χ0) is 19.8. The van der Waals surface area contributed by atoms with Gasteiger partial charge in [0.15, 0.2) is 5.69 Å². The van der Waals surface area contributed by atoms with Crippen LogP contribution in [0.3, 0.4) is 0 Å². The summed E-state index contributed by atoms with van der Waals surface area (Å²) in [6, 6.07) is 11.1. The van der Waals surface area contributed by atoms with Gasteiger partial charge in [0, 0.05) is 11.8 Å². The topological polar surface area (TPSA) is 8.81 Å². The third kappa shape index (κ3) is 3.47. The van der Waals surface area contributed by atoms with E-state index in [1.807, 2.05) is 0 Å². The van der Waals surface area contributed by atoms with Gasteiger partial charge in [-0.3, -0.25) is 0 Å². The van der Waals surface area contributed by atoms with Crippen molar-refractivity contribution in [3.8, 4) is 5.69 Å². The second-order valence-corrected chi connectivity index (χ2v) is 10.2. The van der Waals surface area contributed by atoms with Crippen molar-refractivity contribution in [3.05, 3.63) is 48.0 Å². The number of aryl methyl sites for hydroxylation is 1. The highest BCUT2D eigenvalue weighted by molar-refractivity contribution is 5.37. The van der Waals surface area contributed by atoms with Crippen LogP contribution in [0.4, 0.5) is 0 Å². The molecule has 29 heavy (non-hydrogen) atoms. The fourth-order valence-electron chi connectivity index (χ4n) is 7.18. The average Bonchev–Trinajstić information content (AvgIpc) is 3.00. The first-order valence-corrected chi connectivity index (χ1v) is 12.5. The standard InChI is InChI=1S/C27H39N2/c1-3-5-10-14-28-19-29(24-11-8-7-9-12-24)27-23-17-20-15-22(26(27)28)16-21(18-23)25(20)13-6-4-2/h7-9,11-12,19-23,25H,3-6,10,13-18H2,1-2H3/q+1. The first kappa shape index (κ1) is 19.4. The highest BCUT2D eigenvalue weighted by Gasteiger charge is 2.52. The highest BCUT2D eigenvalue weighted by Crippen LogP contribution is 2.59. The number of hydrogen-bond donors (Lipinski definition) is 0. The molecular formula is C27H39N2+. The Morgan fingerprint density at radius 2 is 1.55 bits per heavy atom. The first-order valence-electron chi connectivity index (χ1n) is 12.5. The van der Waals surface area contributed by atoms with Crippen LogP contribution in [-0.4, -0.2) is 4.57 Å². The fraction of sp³-hybridized carbons (Fsp3) is 0.667. The van der Waals surface area contributed by atoms with Gasteiger partial charge in [0.1, 0.15) is 11.4 Å². The molecule has 2 aromatic rings. The summed E-state index contributed by atoms with van der Waals surface area (Å²) in [5.74, 6) is 4.55. The number of nitrogens with zero attached hydrogens (tertiary/aromatic N) is 2. The summed E-state index contributed by atoms with van der Waals surface area (Å²) < 4.78 is 5.28. The Morgan fingerprint density at radius 3 is 2.24 bits per heavy atom. The van der Waals surface area contributed by atoms with Crippen molar-refractivity contribution >= 4 is 0 Å². The van der Waals surface area contributed by atoms with Crippen LogP contribution in [0.5, 0.6) is 0 Å². The van der Waals surface area contributed by atoms with Gasteiger partial charge in [-0.2, -0.15) is 4.57 Å². The summed E-state index contributed by atoms with van der Waals surface area (Å²) in [7, 11) is 0. The Labute approximate surface area is 177 Å². The SMILES string of the molecule is CCCCC[n+]1cn(-c2ccccc2)c2c1C1CC3CC2CC(C1)C3CCCC. The lowest BCUT2D eigenvalue weighted by molar-refractivity contribution is -0.705. The monoisotopic (exact) mass is 391 g/mol. The quantitative estimate of drug-likeness (QED) is 0.347. The predicted molar refractivity (Wildman–Crippen MR) is 119 cm³/mol. The molecule has 2 heteroatoms. The van der Waals surface area contributed by atoms with Crippen molar-refractivity contribution in [1.82, 2.24) is 4.57 Å². The summed E-state index contributed by atoms with van der Waals surface area (Å²) in [6.07, 6.45) is 16.5. The van der Waals surface area contributed by atoms with Crippen molar-refractivity contribution in [2.45, 2.75) is 96.4 Å². The first-order chi connectivity index (χ1) is 14.3. The normalized spacial score (nSPS) is 29.8. The molecule has 2 nitrogen and oxygen atoms in total. The smallest absolute Gasteiger partial charge is 0.233 e. The zero-order valence-corrected chi connectivity index (χ0v) is 18.5. The van der Waals surface area contributed by atoms with E-state index in [-0.39, 0.29) is 0 Å². The molecule has 4 bridgehead atoms. The number of unbranched alkanes of at least 4 members (excludes halogenated alkanes) is 3. The number of rotatable bonds is 8. The number of para-hydroxylation sites is 1. The predicted octanol–water partition coefficient (Wildman–Crippen LogP) is 6.76. The van der Waals surface area contributed by atoms with Gasteiger partial charge in [0.2, 0.25) is 6.33 Å². The van der Waals surface area contributed by atoms with E-state index in [9.17, 15) is 0 Å². The van der Waals surface area contributed by atoms with Crippen LogP contribution >= 0.6 is 0 Å². The molecule has 2 unspecified atom stereocenters. The number of aromatic nitrogens is 2. The molecule has 2 atom stereocenters. The number of imidazole rings is 1. The van der Waals surface area contributed by atoms with E-state index in [1.54, 1.807) is 11.4 Å². The molecule has 2 saturated carbocycles. The van der Waals surface area contributed by atoms with Crippen molar-refractivity contribution in [2.75, 3.05) is 0 Å². The summed E-state index contributed by atoms with van der Waals surface area (Å²) in [5.41, 5.74) is 4.78. The van der Waals surface area contributed by atoms with Gasteiger partial charge >= 0.3 is 0 Å². The Kier molecular flexibility index (Phi) is 5.54. The molecule has 0 saturated heterocycles. The molecule has 0 spiro atoms. The van der Waals surface area contributed by atoms with E-state index in [1.165, 1.54) is 76.4 Å². The maximum atomic E-state index is 2.69. The van der Waals surface area contributed by atoms with Gasteiger partial charge in [-0.25, -0.2) is 4.57 Å². The molecule has 2 fully saturated rings. The van der Waals surface area contributed by atoms with Gasteiger partial charge in [-0.1, -0.05) is 51.3 Å². The number of benzene rings is 1. The minimum absolute atomic E-state index is 0.776. The summed E-state index contributed by atoms with van der Waals surface area (Å²) in [5, 5.41) is 0. The number of hydrogen-bond acceptors (Lipinski definition) is 0. The average molecular weight is 392 g/mol. The zero-order valence-electron chi connectivity index (χ0n) is 18.5. The van der Waals surface area contributed by atoms with Crippen LogP contribution in [0.15, 0.2) is 36.7 Å². The minimum Gasteiger partial charge on any atom is -0.233 e. The molecule has 1 heterocycles. The molecule has 6 rings (SSSR count). The van der Waals surface area contributed by atoms with Crippen LogP contribution in [-0.2, 0) is 6.54 Å². The maximum Gasteiger partial charge on any atom is 0.249 e. The lowest BCUT2D eigenvalue weighted by Gasteiger charge is -2.45. The summed E-state index contributed by atoms with van der Waals surface area (Å²) in [4.78, 5) is 0. The van der Waals surface area contributed by atoms with E-state index in [2.05, 4.69) is 59.6 Å². The Morgan fingerprint density at radius 1 is 0.862 bits per heavy atom. The maximum absolute atomic E-state index is 2.69. The van der Waals surface area contributed by atoms with E-state index < -0.39 is 0 Å². The molecule has 0 N–H and O–H groups in total. The lowest BCUT2D eigenvalue weighted by atomic mass is 9.59. The van der Waals surface area contributed by atoms with E-state index in [4.69, 9.17) is 0 Å². The summed E-state index contributed by atoms with van der Waals surface area (Å²) in [6.45, 7) is 5.88. The van der Waals surface area contributed by atoms with E-state index in [0.29, 0.717) is 0 Å². The summed E-state index contributed by atoms with van der Waals surface area (Å²) >= 11 is 0. The van der Waals surface area contributed by atoms with Gasteiger partial charge < -0.3 is 0 Å². The van der Waals surface area contributed by atoms with Crippen molar-refractivity contribution in [3.63, 3.8) is 0 Å². The van der Waals surface area contributed by atoms with Gasteiger partial charge in [-0.05, 0) is 74.8 Å².